The van der Waals surface area contributed by atoms with Crippen molar-refractivity contribution in [2.24, 2.45) is 7.05 Å². The first kappa shape index (κ1) is 13.1. The molecule has 0 aliphatic heterocycles. The van der Waals surface area contributed by atoms with Crippen molar-refractivity contribution in [1.82, 2.24) is 14.8 Å². The molecule has 2 aromatic heterocycles. The van der Waals surface area contributed by atoms with Crippen LogP contribution in [-0.4, -0.2) is 26.2 Å². The summed E-state index contributed by atoms with van der Waals surface area (Å²) in [6.45, 7) is 0.639. The normalized spacial score (nSPS) is 10.9. The molecule has 1 N–H and O–H groups in total. The molecule has 1 aromatic carbocycles. The third-order valence-electron chi connectivity index (χ3n) is 3.03. The van der Waals surface area contributed by atoms with E-state index in [1.807, 2.05) is 13.2 Å². The van der Waals surface area contributed by atoms with Crippen LogP contribution in [0.2, 0.25) is 0 Å². The molecule has 21 heavy (non-hydrogen) atoms. The fraction of sp³-hybridized carbons (Fsp3) is 0.231. The molecule has 0 amide bonds. The molecule has 0 aliphatic carbocycles. The molecule has 0 bridgehead atoms. The van der Waals surface area contributed by atoms with Gasteiger partial charge >= 0.3 is 0 Å². The second kappa shape index (κ2) is 5.23. The molecule has 0 unspecified atom stereocenters. The van der Waals surface area contributed by atoms with Crippen molar-refractivity contribution in [3.8, 4) is 0 Å². The quantitative estimate of drug-likeness (QED) is 0.570. The van der Waals surface area contributed by atoms with Crippen molar-refractivity contribution in [3.63, 3.8) is 0 Å². The first-order chi connectivity index (χ1) is 10.1. The van der Waals surface area contributed by atoms with Crippen LogP contribution in [0.25, 0.3) is 11.1 Å². The molecule has 0 aliphatic rings. The lowest BCUT2D eigenvalue weighted by molar-refractivity contribution is -0.384. The number of aryl methyl sites for hydroxylation is 1. The topological polar surface area (TPSA) is 99.0 Å². The molecule has 0 radical (unpaired) electrons. The van der Waals surface area contributed by atoms with E-state index in [2.05, 4.69) is 15.4 Å². The van der Waals surface area contributed by atoms with Crippen molar-refractivity contribution in [2.45, 2.75) is 6.42 Å². The molecule has 0 saturated heterocycles. The molecule has 3 rings (SSSR count). The minimum atomic E-state index is -0.461. The smallest absolute Gasteiger partial charge is 0.295 e. The number of nitrogens with zero attached hydrogens (tertiary/aromatic N) is 4. The van der Waals surface area contributed by atoms with Crippen molar-refractivity contribution in [1.29, 1.82) is 0 Å². The average molecular weight is 287 g/mol. The summed E-state index contributed by atoms with van der Waals surface area (Å²) in [5.74, 6) is 0. The van der Waals surface area contributed by atoms with Crippen LogP contribution in [0.5, 0.6) is 0 Å². The number of oxazole rings is 1. The Morgan fingerprint density at radius 2 is 2.33 bits per heavy atom. The molecule has 0 saturated carbocycles. The molecular formula is C13H13N5O3. The number of rotatable bonds is 5. The number of nitrogens with one attached hydrogen (secondary N) is 1. The van der Waals surface area contributed by atoms with Gasteiger partial charge in [0.05, 0.1) is 17.2 Å². The second-order valence-electron chi connectivity index (χ2n) is 4.63. The molecule has 0 fully saturated rings. The molecule has 0 atom stereocenters. The lowest BCUT2D eigenvalue weighted by atomic mass is 10.2. The Labute approximate surface area is 119 Å². The van der Waals surface area contributed by atoms with Gasteiger partial charge in [-0.1, -0.05) is 0 Å². The number of non-ortho nitro benzene ring substituents is 1. The van der Waals surface area contributed by atoms with Gasteiger partial charge in [-0.05, 0) is 18.1 Å². The third-order valence-corrected chi connectivity index (χ3v) is 3.03. The van der Waals surface area contributed by atoms with Crippen LogP contribution in [-0.2, 0) is 13.5 Å². The van der Waals surface area contributed by atoms with Crippen molar-refractivity contribution in [3.05, 3.63) is 46.3 Å². The number of aromatic nitrogens is 3. The fourth-order valence-electron chi connectivity index (χ4n) is 2.02. The second-order valence-corrected chi connectivity index (χ2v) is 4.63. The number of hydrogen-bond acceptors (Lipinski definition) is 6. The van der Waals surface area contributed by atoms with Crippen LogP contribution in [0.3, 0.4) is 0 Å². The van der Waals surface area contributed by atoms with E-state index in [4.69, 9.17) is 4.42 Å². The third kappa shape index (κ3) is 2.83. The zero-order valence-electron chi connectivity index (χ0n) is 11.3. The molecular weight excluding hydrogens is 274 g/mol. The maximum atomic E-state index is 10.7. The van der Waals surface area contributed by atoms with E-state index in [0.29, 0.717) is 23.7 Å². The van der Waals surface area contributed by atoms with Gasteiger partial charge in [0.1, 0.15) is 5.52 Å². The lowest BCUT2D eigenvalue weighted by Gasteiger charge is -1.98. The first-order valence-electron chi connectivity index (χ1n) is 6.38. The highest BCUT2D eigenvalue weighted by atomic mass is 16.6. The zero-order valence-corrected chi connectivity index (χ0v) is 11.3. The van der Waals surface area contributed by atoms with Gasteiger partial charge in [0.2, 0.25) is 0 Å². The van der Waals surface area contributed by atoms with E-state index in [9.17, 15) is 10.1 Å². The Bertz CT molecular complexity index is 792. The van der Waals surface area contributed by atoms with Gasteiger partial charge in [0, 0.05) is 25.9 Å². The Balaban J connectivity index is 1.68. The minimum Gasteiger partial charge on any atom is -0.423 e. The van der Waals surface area contributed by atoms with Crippen LogP contribution < -0.4 is 5.32 Å². The van der Waals surface area contributed by atoms with Gasteiger partial charge in [-0.2, -0.15) is 10.1 Å². The van der Waals surface area contributed by atoms with Gasteiger partial charge in [-0.3, -0.25) is 14.8 Å². The van der Waals surface area contributed by atoms with Crippen molar-refractivity contribution < 1.29 is 9.34 Å². The van der Waals surface area contributed by atoms with Gasteiger partial charge in [-0.25, -0.2) is 0 Å². The molecule has 8 heteroatoms. The molecule has 8 nitrogen and oxygen atoms in total. The largest absolute Gasteiger partial charge is 0.423 e. The summed E-state index contributed by atoms with van der Waals surface area (Å²) in [6.07, 6.45) is 4.53. The Morgan fingerprint density at radius 3 is 3.05 bits per heavy atom. The fourth-order valence-corrected chi connectivity index (χ4v) is 2.02. The first-order valence-corrected chi connectivity index (χ1v) is 6.38. The number of fused-ring (bicyclic) bond motifs is 1. The van der Waals surface area contributed by atoms with Crippen LogP contribution in [0.4, 0.5) is 11.7 Å². The van der Waals surface area contributed by atoms with E-state index in [0.717, 1.165) is 12.0 Å². The average Bonchev–Trinajstić information content (AvgIpc) is 3.03. The minimum absolute atomic E-state index is 0.0134. The maximum Gasteiger partial charge on any atom is 0.295 e. The molecule has 0 spiro atoms. The van der Waals surface area contributed by atoms with Crippen LogP contribution in [0, 0.1) is 10.1 Å². The Morgan fingerprint density at radius 1 is 1.48 bits per heavy atom. The Kier molecular flexibility index (Phi) is 3.27. The van der Waals surface area contributed by atoms with Crippen molar-refractivity contribution >= 4 is 22.8 Å². The summed E-state index contributed by atoms with van der Waals surface area (Å²) in [5.41, 5.74) is 2.08. The number of nitro benzene ring substituents is 1. The van der Waals surface area contributed by atoms with Gasteiger partial charge in [-0.15, -0.1) is 0 Å². The summed E-state index contributed by atoms with van der Waals surface area (Å²) in [5, 5.41) is 17.8. The van der Waals surface area contributed by atoms with E-state index in [1.165, 1.54) is 12.1 Å². The van der Waals surface area contributed by atoms with Gasteiger partial charge < -0.3 is 9.73 Å². The van der Waals surface area contributed by atoms with Crippen LogP contribution in [0.15, 0.2) is 35.0 Å². The monoisotopic (exact) mass is 287 g/mol. The van der Waals surface area contributed by atoms with E-state index < -0.39 is 4.92 Å². The van der Waals surface area contributed by atoms with E-state index in [1.54, 1.807) is 16.9 Å². The van der Waals surface area contributed by atoms with Gasteiger partial charge in [0.15, 0.2) is 5.58 Å². The van der Waals surface area contributed by atoms with E-state index in [-0.39, 0.29) is 5.69 Å². The highest BCUT2D eigenvalue weighted by Crippen LogP contribution is 2.23. The predicted molar refractivity (Wildman–Crippen MR) is 76.1 cm³/mol. The summed E-state index contributed by atoms with van der Waals surface area (Å²) >= 11 is 0. The van der Waals surface area contributed by atoms with E-state index >= 15 is 0 Å². The predicted octanol–water partition coefficient (Wildman–Crippen LogP) is 2.12. The SMILES string of the molecule is Cn1cc(CCNc2nc3ccc([N+](=O)[O-])cc3o2)cn1. The number of benzene rings is 1. The molecule has 108 valence electrons. The van der Waals surface area contributed by atoms with Gasteiger partial charge in [0.25, 0.3) is 11.7 Å². The lowest BCUT2D eigenvalue weighted by Crippen LogP contribution is -2.04. The van der Waals surface area contributed by atoms with Crippen LogP contribution >= 0.6 is 0 Å². The molecule has 2 heterocycles. The summed E-state index contributed by atoms with van der Waals surface area (Å²) < 4.78 is 7.20. The highest BCUT2D eigenvalue weighted by molar-refractivity contribution is 5.77. The van der Waals surface area contributed by atoms with Crippen LogP contribution in [0.1, 0.15) is 5.56 Å². The maximum absolute atomic E-state index is 10.7. The summed E-state index contributed by atoms with van der Waals surface area (Å²) in [6, 6.07) is 4.71. The number of hydrogen-bond donors (Lipinski definition) is 1. The molecule has 3 aromatic rings. The summed E-state index contributed by atoms with van der Waals surface area (Å²) in [4.78, 5) is 14.5. The standard InChI is InChI=1S/C13H13N5O3/c1-17-8-9(7-15-17)4-5-14-13-16-11-3-2-10(18(19)20)6-12(11)21-13/h2-3,6-8H,4-5H2,1H3,(H,14,16). The Hall–Kier alpha value is -2.90. The zero-order chi connectivity index (χ0) is 14.8. The highest BCUT2D eigenvalue weighted by Gasteiger charge is 2.11. The summed E-state index contributed by atoms with van der Waals surface area (Å²) in [7, 11) is 1.87. The van der Waals surface area contributed by atoms with Crippen molar-refractivity contribution in [2.75, 3.05) is 11.9 Å². The number of anilines is 1. The number of nitro groups is 1.